The fourth-order valence-electron chi connectivity index (χ4n) is 3.39. The van der Waals surface area contributed by atoms with Gasteiger partial charge in [-0.15, -0.1) is 11.8 Å². The van der Waals surface area contributed by atoms with Gasteiger partial charge in [-0.1, -0.05) is 18.6 Å². The van der Waals surface area contributed by atoms with Crippen molar-refractivity contribution in [3.63, 3.8) is 0 Å². The average Bonchev–Trinajstić information content (AvgIpc) is 2.61. The van der Waals surface area contributed by atoms with Crippen LogP contribution >= 0.6 is 11.8 Å². The molecule has 1 aromatic rings. The van der Waals surface area contributed by atoms with Gasteiger partial charge >= 0.3 is 5.97 Å². The predicted octanol–water partition coefficient (Wildman–Crippen LogP) is 3.15. The summed E-state index contributed by atoms with van der Waals surface area (Å²) in [6, 6.07) is 8.01. The standard InChI is InChI=1S/C19H25NO5S/c1-13-14(11-24-19(2,25-13)18(22)23)7-5-6-10-20-15-8-3-4-9-16(15)26-12-17(20)21/h3-4,8-9,13-14H,5-7,10-12H2,1-2H3,(H,22,23). The molecule has 0 aliphatic carbocycles. The molecule has 1 aromatic carbocycles. The lowest BCUT2D eigenvalue weighted by atomic mass is 9.95. The third kappa shape index (κ3) is 4.05. The van der Waals surface area contributed by atoms with Gasteiger partial charge in [-0.25, -0.2) is 4.79 Å². The van der Waals surface area contributed by atoms with Crippen LogP contribution in [-0.2, 0) is 19.1 Å². The van der Waals surface area contributed by atoms with E-state index in [4.69, 9.17) is 9.47 Å². The van der Waals surface area contributed by atoms with Crippen molar-refractivity contribution >= 4 is 29.3 Å². The molecule has 0 bridgehead atoms. The molecule has 3 rings (SSSR count). The van der Waals surface area contributed by atoms with Gasteiger partial charge in [0.25, 0.3) is 5.79 Å². The summed E-state index contributed by atoms with van der Waals surface area (Å²) in [7, 11) is 0. The van der Waals surface area contributed by atoms with Gasteiger partial charge in [0, 0.05) is 24.3 Å². The van der Waals surface area contributed by atoms with Crippen molar-refractivity contribution in [3.8, 4) is 0 Å². The molecule has 3 unspecified atom stereocenters. The van der Waals surface area contributed by atoms with Gasteiger partial charge in [-0.3, -0.25) is 4.79 Å². The number of ether oxygens (including phenoxy) is 2. The SMILES string of the molecule is CC1OC(C)(C(=O)O)OCC1CCCCN1C(=O)CSc2ccccc21. The van der Waals surface area contributed by atoms with Crippen molar-refractivity contribution in [2.45, 2.75) is 49.9 Å². The molecule has 2 heterocycles. The second-order valence-corrected chi connectivity index (χ2v) is 7.96. The van der Waals surface area contributed by atoms with Crippen molar-refractivity contribution < 1.29 is 24.2 Å². The van der Waals surface area contributed by atoms with E-state index in [1.165, 1.54) is 6.92 Å². The smallest absolute Gasteiger partial charge is 0.364 e. The molecular weight excluding hydrogens is 354 g/mol. The zero-order chi connectivity index (χ0) is 18.7. The number of fused-ring (bicyclic) bond motifs is 1. The van der Waals surface area contributed by atoms with Crippen LogP contribution in [0.25, 0.3) is 0 Å². The molecule has 1 fully saturated rings. The van der Waals surface area contributed by atoms with Crippen LogP contribution in [-0.4, -0.2) is 47.8 Å². The first kappa shape index (κ1) is 19.2. The molecule has 1 saturated heterocycles. The summed E-state index contributed by atoms with van der Waals surface area (Å²) in [4.78, 5) is 26.5. The largest absolute Gasteiger partial charge is 0.477 e. The molecule has 0 radical (unpaired) electrons. The molecule has 1 N–H and O–H groups in total. The molecule has 142 valence electrons. The van der Waals surface area contributed by atoms with Crippen molar-refractivity contribution in [1.29, 1.82) is 0 Å². The summed E-state index contributed by atoms with van der Waals surface area (Å²) < 4.78 is 11.0. The van der Waals surface area contributed by atoms with E-state index < -0.39 is 11.8 Å². The van der Waals surface area contributed by atoms with Crippen LogP contribution in [0.2, 0.25) is 0 Å². The van der Waals surface area contributed by atoms with E-state index in [1.807, 2.05) is 30.0 Å². The number of thioether (sulfide) groups is 1. The predicted molar refractivity (Wildman–Crippen MR) is 99.4 cm³/mol. The number of unbranched alkanes of at least 4 members (excludes halogenated alkanes) is 1. The number of para-hydroxylation sites is 1. The van der Waals surface area contributed by atoms with E-state index >= 15 is 0 Å². The maximum atomic E-state index is 12.2. The Morgan fingerprint density at radius 2 is 2.15 bits per heavy atom. The number of aliphatic carboxylic acids is 1. The Hall–Kier alpha value is -1.57. The first-order valence-electron chi connectivity index (χ1n) is 8.98. The Bertz CT molecular complexity index is 682. The van der Waals surface area contributed by atoms with Crippen LogP contribution in [0.3, 0.4) is 0 Å². The van der Waals surface area contributed by atoms with Gasteiger partial charge in [0.1, 0.15) is 0 Å². The van der Waals surface area contributed by atoms with Gasteiger partial charge in [0.15, 0.2) is 0 Å². The Morgan fingerprint density at radius 1 is 1.38 bits per heavy atom. The fourth-order valence-corrected chi connectivity index (χ4v) is 4.33. The van der Waals surface area contributed by atoms with Crippen LogP contribution in [0, 0.1) is 5.92 Å². The molecule has 2 aliphatic heterocycles. The molecule has 6 nitrogen and oxygen atoms in total. The fraction of sp³-hybridized carbons (Fsp3) is 0.579. The molecule has 1 amide bonds. The number of rotatable bonds is 6. The van der Waals surface area contributed by atoms with E-state index in [9.17, 15) is 14.7 Å². The Balaban J connectivity index is 1.48. The van der Waals surface area contributed by atoms with Crippen LogP contribution in [0.5, 0.6) is 0 Å². The topological polar surface area (TPSA) is 76.1 Å². The highest BCUT2D eigenvalue weighted by Crippen LogP contribution is 2.35. The summed E-state index contributed by atoms with van der Waals surface area (Å²) in [6.45, 7) is 4.42. The number of carboxylic acids is 1. The van der Waals surface area contributed by atoms with E-state index in [0.717, 1.165) is 29.8 Å². The highest BCUT2D eigenvalue weighted by atomic mass is 32.2. The maximum absolute atomic E-state index is 12.2. The van der Waals surface area contributed by atoms with E-state index in [1.54, 1.807) is 11.8 Å². The summed E-state index contributed by atoms with van der Waals surface area (Å²) in [5, 5.41) is 9.18. The molecular formula is C19H25NO5S. The van der Waals surface area contributed by atoms with Crippen LogP contribution in [0.1, 0.15) is 33.1 Å². The number of carbonyl (C=O) groups is 2. The monoisotopic (exact) mass is 379 g/mol. The minimum absolute atomic E-state index is 0.156. The van der Waals surface area contributed by atoms with Crippen LogP contribution in [0.15, 0.2) is 29.2 Å². The quantitative estimate of drug-likeness (QED) is 0.765. The maximum Gasteiger partial charge on any atom is 0.364 e. The summed E-state index contributed by atoms with van der Waals surface area (Å²) in [5.74, 6) is -1.82. The number of anilines is 1. The van der Waals surface area contributed by atoms with E-state index in [0.29, 0.717) is 18.9 Å². The highest BCUT2D eigenvalue weighted by Gasteiger charge is 2.43. The Kier molecular flexibility index (Phi) is 5.89. The van der Waals surface area contributed by atoms with Crippen molar-refractivity contribution in [2.75, 3.05) is 23.8 Å². The number of nitrogens with zero attached hydrogens (tertiary/aromatic N) is 1. The van der Waals surface area contributed by atoms with Crippen molar-refractivity contribution in [3.05, 3.63) is 24.3 Å². The lowest BCUT2D eigenvalue weighted by Gasteiger charge is -2.39. The van der Waals surface area contributed by atoms with Gasteiger partial charge in [0.2, 0.25) is 5.91 Å². The number of hydrogen-bond donors (Lipinski definition) is 1. The zero-order valence-corrected chi connectivity index (χ0v) is 16.0. The number of carboxylic acid groups (broad SMARTS) is 1. The van der Waals surface area contributed by atoms with Gasteiger partial charge in [-0.05, 0) is 31.9 Å². The first-order valence-corrected chi connectivity index (χ1v) is 9.96. The lowest BCUT2D eigenvalue weighted by Crippen LogP contribution is -2.51. The minimum Gasteiger partial charge on any atom is -0.477 e. The second-order valence-electron chi connectivity index (χ2n) is 6.94. The summed E-state index contributed by atoms with van der Waals surface area (Å²) >= 11 is 1.59. The lowest BCUT2D eigenvalue weighted by molar-refractivity contribution is -0.292. The molecule has 3 atom stereocenters. The number of carbonyl (C=O) groups excluding carboxylic acids is 1. The molecule has 0 aromatic heterocycles. The van der Waals surface area contributed by atoms with Gasteiger partial charge < -0.3 is 19.5 Å². The van der Waals surface area contributed by atoms with Crippen LogP contribution < -0.4 is 4.90 Å². The third-order valence-electron chi connectivity index (χ3n) is 5.05. The molecule has 0 saturated carbocycles. The van der Waals surface area contributed by atoms with Crippen molar-refractivity contribution in [2.24, 2.45) is 5.92 Å². The normalized spacial score (nSPS) is 28.7. The number of amides is 1. The molecule has 26 heavy (non-hydrogen) atoms. The van der Waals surface area contributed by atoms with Gasteiger partial charge in [-0.2, -0.15) is 0 Å². The molecule has 0 spiro atoms. The average molecular weight is 379 g/mol. The molecule has 7 heteroatoms. The summed E-state index contributed by atoms with van der Waals surface area (Å²) in [6.07, 6.45) is 2.54. The zero-order valence-electron chi connectivity index (χ0n) is 15.1. The first-order chi connectivity index (χ1) is 12.4. The van der Waals surface area contributed by atoms with E-state index in [-0.39, 0.29) is 17.9 Å². The van der Waals surface area contributed by atoms with E-state index in [2.05, 4.69) is 6.07 Å². The van der Waals surface area contributed by atoms with Gasteiger partial charge in [0.05, 0.1) is 24.2 Å². The summed E-state index contributed by atoms with van der Waals surface area (Å²) in [5.41, 5.74) is 1.00. The Labute approximate surface area is 157 Å². The highest BCUT2D eigenvalue weighted by molar-refractivity contribution is 8.00. The minimum atomic E-state index is -1.54. The van der Waals surface area contributed by atoms with Crippen molar-refractivity contribution in [1.82, 2.24) is 0 Å². The Morgan fingerprint density at radius 3 is 2.88 bits per heavy atom. The second kappa shape index (κ2) is 7.98. The van der Waals surface area contributed by atoms with Crippen LogP contribution in [0.4, 0.5) is 5.69 Å². The third-order valence-corrected chi connectivity index (χ3v) is 6.10. The molecule has 2 aliphatic rings. The number of benzene rings is 1. The number of hydrogen-bond acceptors (Lipinski definition) is 5.